The molecule has 0 saturated carbocycles. The van der Waals surface area contributed by atoms with E-state index in [1.54, 1.807) is 0 Å². The molecule has 0 fully saturated rings. The van der Waals surface area contributed by atoms with Crippen molar-refractivity contribution >= 4 is 16.7 Å². The molecule has 0 bridgehead atoms. The summed E-state index contributed by atoms with van der Waals surface area (Å²) in [4.78, 5) is 3.29. The highest BCUT2D eigenvalue weighted by Gasteiger charge is 2.03. The summed E-state index contributed by atoms with van der Waals surface area (Å²) in [6.45, 7) is 2.27. The number of aliphatic hydroxyl groups excluding tert-OH is 1. The van der Waals surface area contributed by atoms with Crippen LogP contribution in [0.4, 0.5) is 5.82 Å². The number of nitrogens with one attached hydrogen (secondary N) is 2. The van der Waals surface area contributed by atoms with Crippen molar-refractivity contribution in [2.45, 2.75) is 19.4 Å². The minimum atomic E-state index is 0.217. The molecule has 1 atom stereocenters. The van der Waals surface area contributed by atoms with Crippen molar-refractivity contribution in [2.75, 3.05) is 11.9 Å². The molecule has 0 aliphatic heterocycles. The summed E-state index contributed by atoms with van der Waals surface area (Å²) in [7, 11) is 0. The number of fused-ring (bicyclic) bond motifs is 1. The fourth-order valence-corrected chi connectivity index (χ4v) is 1.68. The fraction of sp³-hybridized carbons (Fsp3) is 0.333. The van der Waals surface area contributed by atoms with Crippen LogP contribution in [0, 0.1) is 0 Å². The Morgan fingerprint density at radius 3 is 2.93 bits per heavy atom. The van der Waals surface area contributed by atoms with E-state index >= 15 is 0 Å². The van der Waals surface area contributed by atoms with Crippen LogP contribution in [0.25, 0.3) is 10.9 Å². The Morgan fingerprint density at radius 1 is 1.40 bits per heavy atom. The van der Waals surface area contributed by atoms with E-state index in [1.165, 1.54) is 5.39 Å². The Morgan fingerprint density at radius 2 is 2.20 bits per heavy atom. The van der Waals surface area contributed by atoms with Gasteiger partial charge in [0.2, 0.25) is 0 Å². The number of aliphatic hydroxyl groups is 1. The second-order valence-electron chi connectivity index (χ2n) is 3.83. The Labute approximate surface area is 89.1 Å². The standard InChI is InChI=1S/C12H16N2O/c1-9(6-7-15)13-12-8-10-4-2-3-5-11(10)14-12/h2-5,8-9,13-15H,6-7H2,1H3. The van der Waals surface area contributed by atoms with Crippen LogP contribution >= 0.6 is 0 Å². The van der Waals surface area contributed by atoms with Gasteiger partial charge in [-0.1, -0.05) is 18.2 Å². The summed E-state index contributed by atoms with van der Waals surface area (Å²) in [6.07, 6.45) is 0.759. The number of aromatic amines is 1. The van der Waals surface area contributed by atoms with Crippen molar-refractivity contribution < 1.29 is 5.11 Å². The Bertz CT molecular complexity index is 403. The van der Waals surface area contributed by atoms with Crippen LogP contribution in [-0.2, 0) is 0 Å². The molecule has 2 aromatic rings. The number of benzene rings is 1. The number of rotatable bonds is 4. The molecular weight excluding hydrogens is 188 g/mol. The summed E-state index contributed by atoms with van der Waals surface area (Å²) < 4.78 is 0. The number of anilines is 1. The van der Waals surface area contributed by atoms with Crippen LogP contribution in [-0.4, -0.2) is 22.7 Å². The van der Waals surface area contributed by atoms with Crippen LogP contribution in [0.2, 0.25) is 0 Å². The highest BCUT2D eigenvalue weighted by molar-refractivity contribution is 5.83. The second kappa shape index (κ2) is 4.36. The summed E-state index contributed by atoms with van der Waals surface area (Å²) in [5.74, 6) is 1.01. The molecular formula is C12H16N2O. The van der Waals surface area contributed by atoms with E-state index in [1.807, 2.05) is 12.1 Å². The molecule has 80 valence electrons. The maximum Gasteiger partial charge on any atom is 0.104 e. The number of H-pyrrole nitrogens is 1. The van der Waals surface area contributed by atoms with Crippen molar-refractivity contribution in [3.8, 4) is 0 Å². The molecule has 3 heteroatoms. The average molecular weight is 204 g/mol. The maximum atomic E-state index is 8.80. The zero-order chi connectivity index (χ0) is 10.7. The molecule has 1 heterocycles. The fourth-order valence-electron chi connectivity index (χ4n) is 1.68. The first kappa shape index (κ1) is 10.1. The van der Waals surface area contributed by atoms with Gasteiger partial charge in [-0.15, -0.1) is 0 Å². The molecule has 0 spiro atoms. The van der Waals surface area contributed by atoms with Crippen molar-refractivity contribution in [3.05, 3.63) is 30.3 Å². The molecule has 0 radical (unpaired) electrons. The number of aromatic nitrogens is 1. The van der Waals surface area contributed by atoms with Gasteiger partial charge in [0.05, 0.1) is 0 Å². The lowest BCUT2D eigenvalue weighted by Gasteiger charge is -2.11. The third kappa shape index (κ3) is 2.30. The normalized spacial score (nSPS) is 12.9. The van der Waals surface area contributed by atoms with Gasteiger partial charge in [-0.2, -0.15) is 0 Å². The van der Waals surface area contributed by atoms with Crippen LogP contribution in [0.1, 0.15) is 13.3 Å². The molecule has 0 amide bonds. The minimum Gasteiger partial charge on any atom is -0.396 e. The van der Waals surface area contributed by atoms with E-state index < -0.39 is 0 Å². The first-order valence-corrected chi connectivity index (χ1v) is 5.25. The number of hydrogen-bond donors (Lipinski definition) is 3. The third-order valence-electron chi connectivity index (χ3n) is 2.49. The summed E-state index contributed by atoms with van der Waals surface area (Å²) in [6, 6.07) is 10.5. The lowest BCUT2D eigenvalue weighted by Crippen LogP contribution is -2.16. The lowest BCUT2D eigenvalue weighted by molar-refractivity contribution is 0.282. The SMILES string of the molecule is CC(CCO)Nc1cc2ccccc2[nH]1. The predicted octanol–water partition coefficient (Wildman–Crippen LogP) is 2.35. The monoisotopic (exact) mass is 204 g/mol. The van der Waals surface area contributed by atoms with Gasteiger partial charge in [-0.05, 0) is 25.5 Å². The Hall–Kier alpha value is -1.48. The van der Waals surface area contributed by atoms with Gasteiger partial charge >= 0.3 is 0 Å². The van der Waals surface area contributed by atoms with Gasteiger partial charge in [-0.25, -0.2) is 0 Å². The second-order valence-corrected chi connectivity index (χ2v) is 3.83. The van der Waals surface area contributed by atoms with Gasteiger partial charge < -0.3 is 15.4 Å². The zero-order valence-corrected chi connectivity index (χ0v) is 8.83. The van der Waals surface area contributed by atoms with Crippen LogP contribution in [0.5, 0.6) is 0 Å². The molecule has 3 N–H and O–H groups in total. The van der Waals surface area contributed by atoms with Gasteiger partial charge in [0.1, 0.15) is 5.82 Å². The van der Waals surface area contributed by atoms with E-state index in [-0.39, 0.29) is 12.6 Å². The zero-order valence-electron chi connectivity index (χ0n) is 8.83. The molecule has 0 aliphatic rings. The van der Waals surface area contributed by atoms with E-state index in [0.29, 0.717) is 0 Å². The highest BCUT2D eigenvalue weighted by atomic mass is 16.3. The number of hydrogen-bond acceptors (Lipinski definition) is 2. The van der Waals surface area contributed by atoms with Crippen molar-refractivity contribution in [3.63, 3.8) is 0 Å². The molecule has 1 unspecified atom stereocenters. The molecule has 3 nitrogen and oxygen atoms in total. The van der Waals surface area contributed by atoms with Crippen LogP contribution < -0.4 is 5.32 Å². The van der Waals surface area contributed by atoms with Gasteiger partial charge in [0.15, 0.2) is 0 Å². The van der Waals surface area contributed by atoms with Crippen molar-refractivity contribution in [2.24, 2.45) is 0 Å². The first-order valence-electron chi connectivity index (χ1n) is 5.25. The molecule has 0 saturated heterocycles. The van der Waals surface area contributed by atoms with Crippen molar-refractivity contribution in [1.82, 2.24) is 4.98 Å². The summed E-state index contributed by atoms with van der Waals surface area (Å²) in [5.41, 5.74) is 1.14. The van der Waals surface area contributed by atoms with Crippen molar-refractivity contribution in [1.29, 1.82) is 0 Å². The van der Waals surface area contributed by atoms with Gasteiger partial charge in [-0.3, -0.25) is 0 Å². The first-order chi connectivity index (χ1) is 7.29. The predicted molar refractivity (Wildman–Crippen MR) is 63.1 cm³/mol. The topological polar surface area (TPSA) is 48.0 Å². The number of para-hydroxylation sites is 1. The smallest absolute Gasteiger partial charge is 0.104 e. The molecule has 1 aromatic heterocycles. The van der Waals surface area contributed by atoms with E-state index in [4.69, 9.17) is 5.11 Å². The van der Waals surface area contributed by atoms with E-state index in [0.717, 1.165) is 17.8 Å². The van der Waals surface area contributed by atoms with Crippen LogP contribution in [0.15, 0.2) is 30.3 Å². The molecule has 2 rings (SSSR count). The largest absolute Gasteiger partial charge is 0.396 e. The van der Waals surface area contributed by atoms with Gasteiger partial charge in [0.25, 0.3) is 0 Å². The highest BCUT2D eigenvalue weighted by Crippen LogP contribution is 2.18. The summed E-state index contributed by atoms with van der Waals surface area (Å²) >= 11 is 0. The lowest BCUT2D eigenvalue weighted by atomic mass is 10.2. The minimum absolute atomic E-state index is 0.217. The maximum absolute atomic E-state index is 8.80. The average Bonchev–Trinajstić information content (AvgIpc) is 2.59. The van der Waals surface area contributed by atoms with Crippen LogP contribution in [0.3, 0.4) is 0 Å². The third-order valence-corrected chi connectivity index (χ3v) is 2.49. The van der Waals surface area contributed by atoms with E-state index in [2.05, 4.69) is 35.4 Å². The summed E-state index contributed by atoms with van der Waals surface area (Å²) in [5, 5.41) is 13.3. The molecule has 15 heavy (non-hydrogen) atoms. The van der Waals surface area contributed by atoms with Gasteiger partial charge in [0, 0.05) is 23.6 Å². The Balaban J connectivity index is 2.15. The quantitative estimate of drug-likeness (QED) is 0.716. The Kier molecular flexibility index (Phi) is 2.92. The molecule has 0 aliphatic carbocycles. The van der Waals surface area contributed by atoms with E-state index in [9.17, 15) is 0 Å². The molecule has 1 aromatic carbocycles.